The van der Waals surface area contributed by atoms with Crippen molar-refractivity contribution in [1.29, 1.82) is 0 Å². The van der Waals surface area contributed by atoms with E-state index in [1.165, 1.54) is 0 Å². The van der Waals surface area contributed by atoms with Crippen molar-refractivity contribution in [3.63, 3.8) is 0 Å². The molecule has 110 valence electrons. The van der Waals surface area contributed by atoms with Crippen molar-refractivity contribution in [2.45, 2.75) is 39.2 Å². The lowest BCUT2D eigenvalue weighted by Gasteiger charge is -2.12. The maximum absolute atomic E-state index is 11.4. The van der Waals surface area contributed by atoms with Crippen molar-refractivity contribution in [3.05, 3.63) is 35.5 Å². The molecule has 1 aliphatic rings. The van der Waals surface area contributed by atoms with Gasteiger partial charge in [-0.3, -0.25) is 4.79 Å². The minimum Gasteiger partial charge on any atom is -0.374 e. The van der Waals surface area contributed by atoms with Crippen LogP contribution in [-0.2, 0) is 11.2 Å². The highest BCUT2D eigenvalue weighted by atomic mass is 16.5. The molecule has 6 heteroatoms. The van der Waals surface area contributed by atoms with Crippen molar-refractivity contribution in [2.75, 3.05) is 10.6 Å². The first kappa shape index (κ1) is 13.6. The zero-order valence-corrected chi connectivity index (χ0v) is 12.3. The Balaban J connectivity index is 1.74. The zero-order chi connectivity index (χ0) is 15.0. The summed E-state index contributed by atoms with van der Waals surface area (Å²) in [5.41, 5.74) is 2.82. The quantitative estimate of drug-likeness (QED) is 0.903. The standard InChI is InChI=1S/C15H18N4O2/c1-8(2)14-18-15(21-19-14)9(3)16-11-4-5-12-10(6-11)7-13(20)17-12/h4-6,8-9,16H,7H2,1-3H3,(H,17,20). The van der Waals surface area contributed by atoms with E-state index < -0.39 is 0 Å². The van der Waals surface area contributed by atoms with Gasteiger partial charge < -0.3 is 15.2 Å². The van der Waals surface area contributed by atoms with E-state index >= 15 is 0 Å². The Hall–Kier alpha value is -2.37. The summed E-state index contributed by atoms with van der Waals surface area (Å²) < 4.78 is 5.28. The molecular weight excluding hydrogens is 268 g/mol. The molecule has 2 aromatic rings. The van der Waals surface area contributed by atoms with Crippen LogP contribution >= 0.6 is 0 Å². The van der Waals surface area contributed by atoms with E-state index in [1.54, 1.807) is 0 Å². The highest BCUT2D eigenvalue weighted by Gasteiger charge is 2.19. The van der Waals surface area contributed by atoms with Crippen LogP contribution in [0.25, 0.3) is 0 Å². The number of carbonyl (C=O) groups excluding carboxylic acids is 1. The molecule has 0 spiro atoms. The van der Waals surface area contributed by atoms with Crippen LogP contribution in [0.2, 0.25) is 0 Å². The van der Waals surface area contributed by atoms with Crippen LogP contribution in [0.1, 0.15) is 50.0 Å². The van der Waals surface area contributed by atoms with Gasteiger partial charge in [-0.25, -0.2) is 0 Å². The number of amides is 1. The molecule has 1 aromatic heterocycles. The molecule has 0 fully saturated rings. The lowest BCUT2D eigenvalue weighted by molar-refractivity contribution is -0.115. The summed E-state index contributed by atoms with van der Waals surface area (Å²) in [4.78, 5) is 15.7. The average Bonchev–Trinajstić information content (AvgIpc) is 3.03. The molecule has 1 amide bonds. The molecule has 0 bridgehead atoms. The highest BCUT2D eigenvalue weighted by Crippen LogP contribution is 2.28. The van der Waals surface area contributed by atoms with E-state index in [1.807, 2.05) is 39.0 Å². The van der Waals surface area contributed by atoms with Crippen molar-refractivity contribution in [2.24, 2.45) is 0 Å². The molecule has 6 nitrogen and oxygen atoms in total. The van der Waals surface area contributed by atoms with Gasteiger partial charge >= 0.3 is 0 Å². The highest BCUT2D eigenvalue weighted by molar-refractivity contribution is 5.99. The van der Waals surface area contributed by atoms with Gasteiger partial charge in [-0.15, -0.1) is 0 Å². The number of aromatic nitrogens is 2. The van der Waals surface area contributed by atoms with Gasteiger partial charge in [0.25, 0.3) is 0 Å². The third-order valence-electron chi connectivity index (χ3n) is 3.46. The Labute approximate surface area is 122 Å². The summed E-state index contributed by atoms with van der Waals surface area (Å²) >= 11 is 0. The summed E-state index contributed by atoms with van der Waals surface area (Å²) in [6, 6.07) is 5.72. The number of anilines is 2. The smallest absolute Gasteiger partial charge is 0.248 e. The van der Waals surface area contributed by atoms with Gasteiger partial charge in [-0.2, -0.15) is 4.98 Å². The van der Waals surface area contributed by atoms with Crippen molar-refractivity contribution >= 4 is 17.3 Å². The monoisotopic (exact) mass is 286 g/mol. The van der Waals surface area contributed by atoms with E-state index in [4.69, 9.17) is 4.52 Å². The maximum atomic E-state index is 11.4. The third-order valence-corrected chi connectivity index (χ3v) is 3.46. The number of carbonyl (C=O) groups is 1. The topological polar surface area (TPSA) is 80.0 Å². The molecule has 1 atom stereocenters. The van der Waals surface area contributed by atoms with Crippen LogP contribution in [0, 0.1) is 0 Å². The SMILES string of the molecule is CC(C)c1noc(C(C)Nc2ccc3c(c2)CC(=O)N3)n1. The predicted octanol–water partition coefficient (Wildman–Crippen LogP) is 2.86. The van der Waals surface area contributed by atoms with Gasteiger partial charge in [0.1, 0.15) is 6.04 Å². The van der Waals surface area contributed by atoms with E-state index in [9.17, 15) is 4.79 Å². The molecule has 0 radical (unpaired) electrons. The molecule has 1 aliphatic heterocycles. The first-order chi connectivity index (χ1) is 10.0. The van der Waals surface area contributed by atoms with E-state index in [2.05, 4.69) is 20.8 Å². The van der Waals surface area contributed by atoms with E-state index in [-0.39, 0.29) is 17.9 Å². The number of benzene rings is 1. The lowest BCUT2D eigenvalue weighted by atomic mass is 10.1. The Morgan fingerprint density at radius 2 is 2.14 bits per heavy atom. The number of rotatable bonds is 4. The van der Waals surface area contributed by atoms with Gasteiger partial charge in [0, 0.05) is 17.3 Å². The third kappa shape index (κ3) is 2.74. The van der Waals surface area contributed by atoms with Crippen molar-refractivity contribution < 1.29 is 9.32 Å². The Morgan fingerprint density at radius 3 is 2.86 bits per heavy atom. The zero-order valence-electron chi connectivity index (χ0n) is 12.3. The molecule has 0 saturated carbocycles. The van der Waals surface area contributed by atoms with E-state index in [0.717, 1.165) is 16.9 Å². The normalized spacial score (nSPS) is 15.0. The summed E-state index contributed by atoms with van der Waals surface area (Å²) in [5, 5.41) is 10.1. The molecule has 1 aromatic carbocycles. The second kappa shape index (κ2) is 5.20. The van der Waals surface area contributed by atoms with Gasteiger partial charge in [0.2, 0.25) is 11.8 Å². The summed E-state index contributed by atoms with van der Waals surface area (Å²) in [5.74, 6) is 1.55. The maximum Gasteiger partial charge on any atom is 0.248 e. The second-order valence-corrected chi connectivity index (χ2v) is 5.61. The number of nitrogens with zero attached hydrogens (tertiary/aromatic N) is 2. The molecule has 2 heterocycles. The molecule has 0 aliphatic carbocycles. The first-order valence-corrected chi connectivity index (χ1v) is 7.05. The molecular formula is C15H18N4O2. The Bertz CT molecular complexity index is 678. The van der Waals surface area contributed by atoms with Crippen molar-refractivity contribution in [3.8, 4) is 0 Å². The van der Waals surface area contributed by atoms with Crippen LogP contribution in [0.4, 0.5) is 11.4 Å². The van der Waals surface area contributed by atoms with Crippen molar-refractivity contribution in [1.82, 2.24) is 10.1 Å². The second-order valence-electron chi connectivity index (χ2n) is 5.61. The predicted molar refractivity (Wildman–Crippen MR) is 79.2 cm³/mol. The minimum atomic E-state index is -0.0897. The number of hydrogen-bond donors (Lipinski definition) is 2. The number of fused-ring (bicyclic) bond motifs is 1. The van der Waals surface area contributed by atoms with Gasteiger partial charge in [0.15, 0.2) is 5.82 Å². The van der Waals surface area contributed by atoms with Crippen LogP contribution < -0.4 is 10.6 Å². The van der Waals surface area contributed by atoms with Crippen LogP contribution in [0.5, 0.6) is 0 Å². The van der Waals surface area contributed by atoms with Gasteiger partial charge in [0.05, 0.1) is 6.42 Å². The Morgan fingerprint density at radius 1 is 1.33 bits per heavy atom. The first-order valence-electron chi connectivity index (χ1n) is 7.05. The average molecular weight is 286 g/mol. The summed E-state index contributed by atoms with van der Waals surface area (Å²) in [6.07, 6.45) is 0.428. The van der Waals surface area contributed by atoms with Gasteiger partial charge in [-0.1, -0.05) is 19.0 Å². The summed E-state index contributed by atoms with van der Waals surface area (Å²) in [6.45, 7) is 6.02. The van der Waals surface area contributed by atoms with Crippen LogP contribution in [-0.4, -0.2) is 16.0 Å². The fourth-order valence-corrected chi connectivity index (χ4v) is 2.29. The van der Waals surface area contributed by atoms with Crippen LogP contribution in [0.15, 0.2) is 22.7 Å². The molecule has 3 rings (SSSR count). The lowest BCUT2D eigenvalue weighted by Crippen LogP contribution is -2.07. The minimum absolute atomic E-state index is 0.0358. The van der Waals surface area contributed by atoms with Gasteiger partial charge in [-0.05, 0) is 30.7 Å². The molecule has 1 unspecified atom stereocenters. The number of nitrogens with one attached hydrogen (secondary N) is 2. The molecule has 21 heavy (non-hydrogen) atoms. The number of hydrogen-bond acceptors (Lipinski definition) is 5. The fraction of sp³-hybridized carbons (Fsp3) is 0.400. The molecule has 2 N–H and O–H groups in total. The van der Waals surface area contributed by atoms with Crippen LogP contribution in [0.3, 0.4) is 0 Å². The van der Waals surface area contributed by atoms with E-state index in [0.29, 0.717) is 18.1 Å². The Kier molecular flexibility index (Phi) is 3.37. The largest absolute Gasteiger partial charge is 0.374 e. The molecule has 0 saturated heterocycles. The summed E-state index contributed by atoms with van der Waals surface area (Å²) in [7, 11) is 0. The fourth-order valence-electron chi connectivity index (χ4n) is 2.29.